The average molecular weight is 253 g/mol. The van der Waals surface area contributed by atoms with Crippen molar-refractivity contribution in [1.82, 2.24) is 4.90 Å². The van der Waals surface area contributed by atoms with Gasteiger partial charge in [0, 0.05) is 5.54 Å². The predicted molar refractivity (Wildman–Crippen MR) is 73.5 cm³/mol. The molecule has 1 atom stereocenters. The normalized spacial score (nSPS) is 19.7. The minimum absolute atomic E-state index is 0.0769. The summed E-state index contributed by atoms with van der Waals surface area (Å²) in [6.45, 7) is 6.64. The summed E-state index contributed by atoms with van der Waals surface area (Å²) in [5.41, 5.74) is 1.28. The van der Waals surface area contributed by atoms with Gasteiger partial charge in [0.05, 0.1) is 6.10 Å². The summed E-state index contributed by atoms with van der Waals surface area (Å²) in [7, 11) is 0. The van der Waals surface area contributed by atoms with Gasteiger partial charge >= 0.3 is 0 Å². The van der Waals surface area contributed by atoms with Gasteiger partial charge in [0.1, 0.15) is 0 Å². The van der Waals surface area contributed by atoms with Crippen LogP contribution in [0.5, 0.6) is 0 Å². The second kappa shape index (κ2) is 5.51. The first kappa shape index (κ1) is 13.1. The zero-order valence-corrected chi connectivity index (χ0v) is 11.7. The van der Waals surface area contributed by atoms with Crippen LogP contribution in [0.15, 0.2) is 16.8 Å². The van der Waals surface area contributed by atoms with Gasteiger partial charge in [0.2, 0.25) is 0 Å². The van der Waals surface area contributed by atoms with E-state index in [0.717, 1.165) is 25.9 Å². The third-order valence-electron chi connectivity index (χ3n) is 4.02. The van der Waals surface area contributed by atoms with E-state index in [2.05, 4.69) is 35.6 Å². The molecule has 1 aromatic heterocycles. The van der Waals surface area contributed by atoms with Gasteiger partial charge in [-0.25, -0.2) is 0 Å². The summed E-state index contributed by atoms with van der Waals surface area (Å²) in [6, 6.07) is 2.15. The first-order valence-electron chi connectivity index (χ1n) is 6.55. The lowest BCUT2D eigenvalue weighted by Crippen LogP contribution is -2.51. The smallest absolute Gasteiger partial charge is 0.0721 e. The Labute approximate surface area is 108 Å². The second-order valence-electron chi connectivity index (χ2n) is 5.53. The van der Waals surface area contributed by atoms with Crippen LogP contribution in [0.3, 0.4) is 0 Å². The molecule has 3 heteroatoms. The lowest BCUT2D eigenvalue weighted by Gasteiger charge is -2.39. The predicted octanol–water partition coefficient (Wildman–Crippen LogP) is 2.92. The highest BCUT2D eigenvalue weighted by Gasteiger charge is 2.35. The molecule has 0 radical (unpaired) electrons. The van der Waals surface area contributed by atoms with Crippen molar-refractivity contribution in [1.29, 1.82) is 0 Å². The van der Waals surface area contributed by atoms with E-state index in [9.17, 15) is 5.11 Å². The molecule has 1 fully saturated rings. The van der Waals surface area contributed by atoms with Gasteiger partial charge in [-0.2, -0.15) is 11.3 Å². The Morgan fingerprint density at radius 1 is 1.41 bits per heavy atom. The summed E-state index contributed by atoms with van der Waals surface area (Å²) >= 11 is 1.73. The van der Waals surface area contributed by atoms with Crippen LogP contribution in [0.2, 0.25) is 0 Å². The fourth-order valence-electron chi connectivity index (χ4n) is 2.60. The summed E-state index contributed by atoms with van der Waals surface area (Å²) in [4.78, 5) is 2.44. The number of nitrogens with zero attached hydrogens (tertiary/aromatic N) is 1. The minimum Gasteiger partial charge on any atom is -0.391 e. The van der Waals surface area contributed by atoms with Crippen molar-refractivity contribution < 1.29 is 5.11 Å². The molecule has 1 saturated heterocycles. The van der Waals surface area contributed by atoms with Crippen LogP contribution < -0.4 is 0 Å². The SMILES string of the molecule is CC(C)(C(O)CCc1ccsc1)N1CCCC1. The molecule has 1 aromatic rings. The van der Waals surface area contributed by atoms with Crippen molar-refractivity contribution in [3.8, 4) is 0 Å². The molecule has 1 aliphatic heterocycles. The van der Waals surface area contributed by atoms with Crippen molar-refractivity contribution in [2.45, 2.75) is 51.2 Å². The number of rotatable bonds is 5. The summed E-state index contributed by atoms with van der Waals surface area (Å²) in [5.74, 6) is 0. The van der Waals surface area contributed by atoms with Crippen LogP contribution >= 0.6 is 11.3 Å². The Morgan fingerprint density at radius 2 is 2.12 bits per heavy atom. The van der Waals surface area contributed by atoms with E-state index < -0.39 is 0 Å². The maximum atomic E-state index is 10.4. The summed E-state index contributed by atoms with van der Waals surface area (Å²) in [5, 5.41) is 14.7. The van der Waals surface area contributed by atoms with Gasteiger partial charge in [-0.1, -0.05) is 0 Å². The van der Waals surface area contributed by atoms with E-state index in [1.165, 1.54) is 18.4 Å². The number of thiophene rings is 1. The number of likely N-dealkylation sites (tertiary alicyclic amines) is 1. The van der Waals surface area contributed by atoms with Gasteiger partial charge in [-0.3, -0.25) is 4.90 Å². The minimum atomic E-state index is -0.236. The van der Waals surface area contributed by atoms with Crippen molar-refractivity contribution in [3.63, 3.8) is 0 Å². The Kier molecular flexibility index (Phi) is 4.23. The first-order valence-corrected chi connectivity index (χ1v) is 7.49. The van der Waals surface area contributed by atoms with Crippen LogP contribution in [0, 0.1) is 0 Å². The number of aliphatic hydroxyl groups excluding tert-OH is 1. The van der Waals surface area contributed by atoms with E-state index in [0.29, 0.717) is 0 Å². The topological polar surface area (TPSA) is 23.5 Å². The number of hydrogen-bond acceptors (Lipinski definition) is 3. The van der Waals surface area contributed by atoms with Gasteiger partial charge < -0.3 is 5.11 Å². The van der Waals surface area contributed by atoms with Crippen LogP contribution in [-0.4, -0.2) is 34.7 Å². The van der Waals surface area contributed by atoms with Crippen molar-refractivity contribution in [2.75, 3.05) is 13.1 Å². The third kappa shape index (κ3) is 3.09. The second-order valence-corrected chi connectivity index (χ2v) is 6.31. The first-order chi connectivity index (χ1) is 8.10. The highest BCUT2D eigenvalue weighted by Crippen LogP contribution is 2.26. The van der Waals surface area contributed by atoms with Gasteiger partial charge in [0.15, 0.2) is 0 Å². The monoisotopic (exact) mass is 253 g/mol. The molecular formula is C14H23NOS. The molecule has 1 N–H and O–H groups in total. The van der Waals surface area contributed by atoms with Crippen LogP contribution in [0.4, 0.5) is 0 Å². The van der Waals surface area contributed by atoms with Crippen LogP contribution in [-0.2, 0) is 6.42 Å². The number of aliphatic hydroxyl groups is 1. The fraction of sp³-hybridized carbons (Fsp3) is 0.714. The zero-order valence-electron chi connectivity index (χ0n) is 10.9. The molecular weight excluding hydrogens is 230 g/mol. The Bertz CT molecular complexity index is 328. The molecule has 0 aromatic carbocycles. The van der Waals surface area contributed by atoms with Crippen LogP contribution in [0.1, 0.15) is 38.7 Å². The molecule has 0 bridgehead atoms. The van der Waals surface area contributed by atoms with E-state index in [1.807, 2.05) is 0 Å². The Morgan fingerprint density at radius 3 is 2.71 bits per heavy atom. The number of hydrogen-bond donors (Lipinski definition) is 1. The standard InChI is InChI=1S/C14H23NOS/c1-14(2,15-8-3-4-9-15)13(16)6-5-12-7-10-17-11-12/h7,10-11,13,16H,3-6,8-9H2,1-2H3. The molecule has 0 aliphatic carbocycles. The highest BCUT2D eigenvalue weighted by atomic mass is 32.1. The van der Waals surface area contributed by atoms with Gasteiger partial charge in [0.25, 0.3) is 0 Å². The third-order valence-corrected chi connectivity index (χ3v) is 4.76. The van der Waals surface area contributed by atoms with Gasteiger partial charge in [-0.05, 0) is 75.0 Å². The summed E-state index contributed by atoms with van der Waals surface area (Å²) < 4.78 is 0. The lowest BCUT2D eigenvalue weighted by atomic mass is 9.91. The van der Waals surface area contributed by atoms with Crippen molar-refractivity contribution in [3.05, 3.63) is 22.4 Å². The molecule has 2 heterocycles. The largest absolute Gasteiger partial charge is 0.391 e. The molecule has 1 aliphatic rings. The van der Waals surface area contributed by atoms with Gasteiger partial charge in [-0.15, -0.1) is 0 Å². The molecule has 0 spiro atoms. The van der Waals surface area contributed by atoms with E-state index in [4.69, 9.17) is 0 Å². The molecule has 0 saturated carbocycles. The maximum absolute atomic E-state index is 10.4. The van der Waals surface area contributed by atoms with Crippen molar-refractivity contribution in [2.24, 2.45) is 0 Å². The Balaban J connectivity index is 1.87. The zero-order chi connectivity index (χ0) is 12.3. The highest BCUT2D eigenvalue weighted by molar-refractivity contribution is 7.07. The molecule has 0 amide bonds. The quantitative estimate of drug-likeness (QED) is 0.872. The Hall–Kier alpha value is -0.380. The summed E-state index contributed by atoms with van der Waals surface area (Å²) in [6.07, 6.45) is 4.17. The molecule has 17 heavy (non-hydrogen) atoms. The van der Waals surface area contributed by atoms with Crippen LogP contribution in [0.25, 0.3) is 0 Å². The van der Waals surface area contributed by atoms with E-state index >= 15 is 0 Å². The fourth-order valence-corrected chi connectivity index (χ4v) is 3.30. The van der Waals surface area contributed by atoms with E-state index in [-0.39, 0.29) is 11.6 Å². The van der Waals surface area contributed by atoms with Crippen molar-refractivity contribution >= 4 is 11.3 Å². The maximum Gasteiger partial charge on any atom is 0.0721 e. The number of aryl methyl sites for hydroxylation is 1. The molecule has 1 unspecified atom stereocenters. The van der Waals surface area contributed by atoms with E-state index in [1.54, 1.807) is 11.3 Å². The average Bonchev–Trinajstić information content (AvgIpc) is 2.98. The molecule has 2 rings (SSSR count). The lowest BCUT2D eigenvalue weighted by molar-refractivity contribution is -0.00162. The molecule has 2 nitrogen and oxygen atoms in total. The molecule has 96 valence electrons.